The van der Waals surface area contributed by atoms with E-state index in [2.05, 4.69) is 64.8 Å². The second-order valence-corrected chi connectivity index (χ2v) is 9.97. The fourth-order valence-corrected chi connectivity index (χ4v) is 5.18. The van der Waals surface area contributed by atoms with Gasteiger partial charge >= 0.3 is 0 Å². The molecule has 3 atom stereocenters. The molecule has 0 spiro atoms. The highest BCUT2D eigenvalue weighted by Gasteiger charge is 2.28. The van der Waals surface area contributed by atoms with E-state index in [1.807, 2.05) is 6.07 Å². The standard InChI is InChI=1S/C26H34N4O4S/c1-4-14-27-26(32)19(2)28-25(31)18-30(35(33)34)17-21-12-15-29(16-13-21)20(3)23-11-7-9-22-8-5-6-10-24(22)23/h1,5-11,19-21H,12-18H2,2-3H3,(H,27,32)(H,28,31)(H,33,34). The molecule has 0 aliphatic carbocycles. The molecule has 2 aromatic rings. The van der Waals surface area contributed by atoms with E-state index in [0.717, 1.165) is 25.9 Å². The van der Waals surface area contributed by atoms with Crippen LogP contribution in [-0.4, -0.2) is 68.5 Å². The van der Waals surface area contributed by atoms with Crippen LogP contribution >= 0.6 is 0 Å². The van der Waals surface area contributed by atoms with Crippen molar-refractivity contribution in [2.45, 2.75) is 38.8 Å². The number of hydrogen-bond acceptors (Lipinski definition) is 4. The van der Waals surface area contributed by atoms with Gasteiger partial charge < -0.3 is 10.6 Å². The van der Waals surface area contributed by atoms with Gasteiger partial charge in [-0.3, -0.25) is 19.0 Å². The van der Waals surface area contributed by atoms with E-state index < -0.39 is 29.1 Å². The van der Waals surface area contributed by atoms with E-state index in [1.165, 1.54) is 27.6 Å². The van der Waals surface area contributed by atoms with Crippen LogP contribution < -0.4 is 10.6 Å². The number of terminal acetylenes is 1. The van der Waals surface area contributed by atoms with Crippen LogP contribution in [0, 0.1) is 18.3 Å². The van der Waals surface area contributed by atoms with Gasteiger partial charge in [-0.25, -0.2) is 4.21 Å². The number of nitrogens with zero attached hydrogens (tertiary/aromatic N) is 2. The number of amides is 2. The highest BCUT2D eigenvalue weighted by Crippen LogP contribution is 2.31. The van der Waals surface area contributed by atoms with Crippen molar-refractivity contribution in [2.75, 3.05) is 32.7 Å². The summed E-state index contributed by atoms with van der Waals surface area (Å²) in [5, 5.41) is 7.54. The van der Waals surface area contributed by atoms with Gasteiger partial charge in [0.15, 0.2) is 0 Å². The zero-order valence-corrected chi connectivity index (χ0v) is 21.1. The predicted octanol–water partition coefficient (Wildman–Crippen LogP) is 2.31. The molecule has 2 amide bonds. The van der Waals surface area contributed by atoms with Gasteiger partial charge in [0.1, 0.15) is 6.04 Å². The van der Waals surface area contributed by atoms with E-state index in [-0.39, 0.29) is 25.0 Å². The average molecular weight is 499 g/mol. The first-order valence-electron chi connectivity index (χ1n) is 11.9. The Morgan fingerprint density at radius 1 is 1.20 bits per heavy atom. The molecular weight excluding hydrogens is 464 g/mol. The van der Waals surface area contributed by atoms with Crippen molar-refractivity contribution in [1.29, 1.82) is 0 Å². The molecule has 0 bridgehead atoms. The number of nitrogens with one attached hydrogen (secondary N) is 2. The van der Waals surface area contributed by atoms with Crippen molar-refractivity contribution >= 4 is 33.9 Å². The van der Waals surface area contributed by atoms with Crippen LogP contribution in [0.15, 0.2) is 42.5 Å². The number of benzene rings is 2. The molecule has 1 heterocycles. The lowest BCUT2D eigenvalue weighted by atomic mass is 9.93. The second-order valence-electron chi connectivity index (χ2n) is 8.99. The predicted molar refractivity (Wildman–Crippen MR) is 138 cm³/mol. The number of likely N-dealkylation sites (tertiary alicyclic amines) is 1. The van der Waals surface area contributed by atoms with E-state index in [0.29, 0.717) is 6.54 Å². The van der Waals surface area contributed by atoms with E-state index in [9.17, 15) is 18.4 Å². The van der Waals surface area contributed by atoms with Crippen molar-refractivity contribution in [3.05, 3.63) is 48.0 Å². The number of hydrogen-bond donors (Lipinski definition) is 3. The van der Waals surface area contributed by atoms with Crippen molar-refractivity contribution in [1.82, 2.24) is 19.8 Å². The fraction of sp³-hybridized carbons (Fsp3) is 0.462. The van der Waals surface area contributed by atoms with Crippen LogP contribution in [0.3, 0.4) is 0 Å². The fourth-order valence-electron chi connectivity index (χ4n) is 4.61. The summed E-state index contributed by atoms with van der Waals surface area (Å²) in [7, 11) is 0. The van der Waals surface area contributed by atoms with Gasteiger partial charge in [0.2, 0.25) is 23.1 Å². The monoisotopic (exact) mass is 498 g/mol. The summed E-state index contributed by atoms with van der Waals surface area (Å²) in [4.78, 5) is 26.7. The van der Waals surface area contributed by atoms with Gasteiger partial charge in [-0.15, -0.1) is 6.42 Å². The summed E-state index contributed by atoms with van der Waals surface area (Å²) < 4.78 is 22.9. The van der Waals surface area contributed by atoms with Gasteiger partial charge in [0.05, 0.1) is 13.1 Å². The average Bonchev–Trinajstić information content (AvgIpc) is 2.86. The zero-order chi connectivity index (χ0) is 25.4. The first-order chi connectivity index (χ1) is 16.8. The Hall–Kier alpha value is -2.77. The molecule has 1 saturated heterocycles. The lowest BCUT2D eigenvalue weighted by Gasteiger charge is -2.37. The molecule has 3 unspecified atom stereocenters. The molecule has 0 radical (unpaired) electrons. The molecule has 3 N–H and O–H groups in total. The Bertz CT molecular complexity index is 1090. The summed E-state index contributed by atoms with van der Waals surface area (Å²) in [5.74, 6) is 1.61. The summed E-state index contributed by atoms with van der Waals surface area (Å²) in [6.07, 6.45) is 6.86. The third kappa shape index (κ3) is 7.36. The number of piperidine rings is 1. The molecule has 0 saturated carbocycles. The molecule has 1 fully saturated rings. The van der Waals surface area contributed by atoms with Crippen molar-refractivity contribution < 1.29 is 18.4 Å². The van der Waals surface area contributed by atoms with Gasteiger partial charge in [-0.2, -0.15) is 4.31 Å². The lowest BCUT2D eigenvalue weighted by molar-refractivity contribution is -0.128. The molecule has 35 heavy (non-hydrogen) atoms. The highest BCUT2D eigenvalue weighted by atomic mass is 32.2. The Labute approximate surface area is 209 Å². The number of fused-ring (bicyclic) bond motifs is 1. The minimum absolute atomic E-state index is 0.0731. The molecule has 3 rings (SSSR count). The quantitative estimate of drug-likeness (QED) is 0.345. The molecule has 8 nitrogen and oxygen atoms in total. The Balaban J connectivity index is 1.52. The molecule has 2 aromatic carbocycles. The third-order valence-electron chi connectivity index (χ3n) is 6.61. The largest absolute Gasteiger partial charge is 0.343 e. The van der Waals surface area contributed by atoms with Crippen LogP contribution in [0.25, 0.3) is 10.8 Å². The van der Waals surface area contributed by atoms with Gasteiger partial charge in [0.25, 0.3) is 0 Å². The number of rotatable bonds is 10. The summed E-state index contributed by atoms with van der Waals surface area (Å²) in [6.45, 7) is 5.66. The molecule has 188 valence electrons. The number of carbonyl (C=O) groups is 2. The van der Waals surface area contributed by atoms with Crippen molar-refractivity contribution in [2.24, 2.45) is 5.92 Å². The van der Waals surface area contributed by atoms with E-state index in [4.69, 9.17) is 6.42 Å². The molecular formula is C26H34N4O4S. The maximum absolute atomic E-state index is 12.4. The van der Waals surface area contributed by atoms with E-state index in [1.54, 1.807) is 0 Å². The zero-order valence-electron chi connectivity index (χ0n) is 20.3. The van der Waals surface area contributed by atoms with Crippen LogP contribution in [-0.2, 0) is 20.9 Å². The van der Waals surface area contributed by atoms with Crippen molar-refractivity contribution in [3.63, 3.8) is 0 Å². The maximum Gasteiger partial charge on any atom is 0.243 e. The van der Waals surface area contributed by atoms with Crippen LogP contribution in [0.4, 0.5) is 0 Å². The molecule has 1 aliphatic rings. The van der Waals surface area contributed by atoms with Gasteiger partial charge in [-0.1, -0.05) is 48.4 Å². The van der Waals surface area contributed by atoms with Gasteiger partial charge in [-0.05, 0) is 62.0 Å². The van der Waals surface area contributed by atoms with Crippen LogP contribution in [0.1, 0.15) is 38.3 Å². The van der Waals surface area contributed by atoms with E-state index >= 15 is 0 Å². The molecule has 0 aromatic heterocycles. The normalized spacial score (nSPS) is 17.5. The third-order valence-corrected chi connectivity index (χ3v) is 7.33. The number of carbonyl (C=O) groups excluding carboxylic acids is 2. The van der Waals surface area contributed by atoms with Crippen LogP contribution in [0.5, 0.6) is 0 Å². The van der Waals surface area contributed by atoms with Crippen LogP contribution in [0.2, 0.25) is 0 Å². The summed E-state index contributed by atoms with van der Waals surface area (Å²) >= 11 is -2.29. The summed E-state index contributed by atoms with van der Waals surface area (Å²) in [5.41, 5.74) is 1.30. The Morgan fingerprint density at radius 3 is 2.57 bits per heavy atom. The SMILES string of the molecule is C#CCNC(=O)C(C)NC(=O)CN(CC1CCN(C(C)c2cccc3ccccc23)CC1)S(=O)O. The van der Waals surface area contributed by atoms with Gasteiger partial charge in [0, 0.05) is 12.6 Å². The minimum Gasteiger partial charge on any atom is -0.343 e. The van der Waals surface area contributed by atoms with Crippen molar-refractivity contribution in [3.8, 4) is 12.3 Å². The molecule has 9 heteroatoms. The highest BCUT2D eigenvalue weighted by molar-refractivity contribution is 7.76. The summed E-state index contributed by atoms with van der Waals surface area (Å²) in [6, 6.07) is 14.3. The minimum atomic E-state index is -2.29. The first-order valence-corrected chi connectivity index (χ1v) is 12.9. The first kappa shape index (κ1) is 26.8. The Kier molecular flexibility index (Phi) is 9.81. The second kappa shape index (κ2) is 12.8. The smallest absolute Gasteiger partial charge is 0.243 e. The maximum atomic E-state index is 12.4. The lowest BCUT2D eigenvalue weighted by Crippen LogP contribution is -2.49. The molecule has 1 aliphatic heterocycles. The topological polar surface area (TPSA) is 102 Å². The Morgan fingerprint density at radius 2 is 1.89 bits per heavy atom.